The van der Waals surface area contributed by atoms with E-state index in [0.717, 1.165) is 28.7 Å². The third kappa shape index (κ3) is 2.76. The molecular formula is C16H12BrN3O. The van der Waals surface area contributed by atoms with E-state index in [4.69, 9.17) is 5.26 Å². The minimum atomic E-state index is -0.205. The maximum absolute atomic E-state index is 12.3. The Morgan fingerprint density at radius 1 is 1.29 bits per heavy atom. The Balaban J connectivity index is 1.85. The number of nitrogens with one attached hydrogen (secondary N) is 2. The van der Waals surface area contributed by atoms with Crippen molar-refractivity contribution in [3.8, 4) is 6.07 Å². The number of carbonyl (C=O) groups is 1. The lowest BCUT2D eigenvalue weighted by atomic mass is 10.1. The number of hydrogen-bond acceptors (Lipinski definition) is 3. The van der Waals surface area contributed by atoms with Gasteiger partial charge in [0, 0.05) is 22.3 Å². The fourth-order valence-corrected chi connectivity index (χ4v) is 2.72. The van der Waals surface area contributed by atoms with Crippen molar-refractivity contribution in [3.63, 3.8) is 0 Å². The van der Waals surface area contributed by atoms with Crippen molar-refractivity contribution in [1.82, 2.24) is 0 Å². The van der Waals surface area contributed by atoms with E-state index in [1.54, 1.807) is 24.3 Å². The van der Waals surface area contributed by atoms with Gasteiger partial charge in [-0.15, -0.1) is 0 Å². The summed E-state index contributed by atoms with van der Waals surface area (Å²) >= 11 is 3.31. The largest absolute Gasteiger partial charge is 0.384 e. The third-order valence-corrected chi connectivity index (χ3v) is 3.92. The summed E-state index contributed by atoms with van der Waals surface area (Å²) < 4.78 is 0.806. The first-order chi connectivity index (χ1) is 10.2. The molecule has 1 aliphatic rings. The predicted octanol–water partition coefficient (Wildman–Crippen LogP) is 3.54. The third-order valence-electron chi connectivity index (χ3n) is 3.43. The number of benzene rings is 2. The van der Waals surface area contributed by atoms with Gasteiger partial charge in [0.25, 0.3) is 5.91 Å². The van der Waals surface area contributed by atoms with E-state index in [9.17, 15) is 4.79 Å². The standard InChI is InChI=1S/C16H12BrN3O/c17-13-2-4-15(12(8-13)9-18)20-16(21)11-1-3-14-10(7-11)5-6-19-14/h1-4,7-8,19H,5-6H2,(H,20,21). The van der Waals surface area contributed by atoms with Gasteiger partial charge in [0.05, 0.1) is 11.3 Å². The van der Waals surface area contributed by atoms with Gasteiger partial charge in [-0.05, 0) is 48.4 Å². The van der Waals surface area contributed by atoms with Crippen LogP contribution in [0.15, 0.2) is 40.9 Å². The summed E-state index contributed by atoms with van der Waals surface area (Å²) in [4.78, 5) is 12.3. The van der Waals surface area contributed by atoms with Gasteiger partial charge in [-0.2, -0.15) is 5.26 Å². The quantitative estimate of drug-likeness (QED) is 0.877. The maximum atomic E-state index is 12.3. The van der Waals surface area contributed by atoms with Crippen LogP contribution < -0.4 is 10.6 Å². The first-order valence-electron chi connectivity index (χ1n) is 6.55. The highest BCUT2D eigenvalue weighted by Gasteiger charge is 2.14. The average Bonchev–Trinajstić information content (AvgIpc) is 2.96. The van der Waals surface area contributed by atoms with E-state index >= 15 is 0 Å². The van der Waals surface area contributed by atoms with E-state index in [1.165, 1.54) is 0 Å². The van der Waals surface area contributed by atoms with Crippen LogP contribution in [0, 0.1) is 11.3 Å². The van der Waals surface area contributed by atoms with Crippen LogP contribution in [-0.2, 0) is 6.42 Å². The highest BCUT2D eigenvalue weighted by Crippen LogP contribution is 2.24. The van der Waals surface area contributed by atoms with Gasteiger partial charge in [0.2, 0.25) is 0 Å². The van der Waals surface area contributed by atoms with E-state index < -0.39 is 0 Å². The number of carbonyl (C=O) groups excluding carboxylic acids is 1. The topological polar surface area (TPSA) is 64.9 Å². The lowest BCUT2D eigenvalue weighted by Gasteiger charge is -2.08. The summed E-state index contributed by atoms with van der Waals surface area (Å²) in [5.41, 5.74) is 3.79. The summed E-state index contributed by atoms with van der Waals surface area (Å²) in [6.45, 7) is 0.908. The number of anilines is 2. The zero-order valence-corrected chi connectivity index (χ0v) is 12.7. The van der Waals surface area contributed by atoms with Crippen LogP contribution in [0.5, 0.6) is 0 Å². The van der Waals surface area contributed by atoms with Gasteiger partial charge in [0.1, 0.15) is 6.07 Å². The molecule has 0 atom stereocenters. The molecule has 1 amide bonds. The molecule has 0 aromatic heterocycles. The molecule has 3 rings (SSSR count). The molecule has 0 saturated heterocycles. The molecule has 0 saturated carbocycles. The van der Waals surface area contributed by atoms with Crippen LogP contribution in [-0.4, -0.2) is 12.5 Å². The second-order valence-corrected chi connectivity index (χ2v) is 5.72. The molecule has 0 spiro atoms. The summed E-state index contributed by atoms with van der Waals surface area (Å²) in [6.07, 6.45) is 0.929. The highest BCUT2D eigenvalue weighted by molar-refractivity contribution is 9.10. The molecule has 1 heterocycles. The molecule has 21 heavy (non-hydrogen) atoms. The summed E-state index contributed by atoms with van der Waals surface area (Å²) in [5, 5.41) is 15.2. The molecular weight excluding hydrogens is 330 g/mol. The Bertz CT molecular complexity index is 765. The zero-order chi connectivity index (χ0) is 14.8. The Kier molecular flexibility index (Phi) is 3.63. The number of amides is 1. The van der Waals surface area contributed by atoms with Crippen LogP contribution in [0.2, 0.25) is 0 Å². The highest BCUT2D eigenvalue weighted by atomic mass is 79.9. The van der Waals surface area contributed by atoms with Crippen molar-refractivity contribution in [1.29, 1.82) is 5.26 Å². The van der Waals surface area contributed by atoms with Gasteiger partial charge in [-0.1, -0.05) is 15.9 Å². The smallest absolute Gasteiger partial charge is 0.255 e. The molecule has 2 N–H and O–H groups in total. The van der Waals surface area contributed by atoms with Crippen molar-refractivity contribution >= 4 is 33.2 Å². The lowest BCUT2D eigenvalue weighted by molar-refractivity contribution is 0.102. The summed E-state index contributed by atoms with van der Waals surface area (Å²) in [6, 6.07) is 12.9. The minimum absolute atomic E-state index is 0.205. The number of halogens is 1. The first kappa shape index (κ1) is 13.7. The van der Waals surface area contributed by atoms with Crippen LogP contribution in [0.25, 0.3) is 0 Å². The molecule has 0 unspecified atom stereocenters. The summed E-state index contributed by atoms with van der Waals surface area (Å²) in [7, 11) is 0. The van der Waals surface area contributed by atoms with Crippen molar-refractivity contribution in [2.45, 2.75) is 6.42 Å². The monoisotopic (exact) mass is 341 g/mol. The van der Waals surface area contributed by atoms with E-state index in [1.807, 2.05) is 12.1 Å². The number of nitriles is 1. The van der Waals surface area contributed by atoms with Crippen LogP contribution >= 0.6 is 15.9 Å². The molecule has 0 radical (unpaired) electrons. The maximum Gasteiger partial charge on any atom is 0.255 e. The minimum Gasteiger partial charge on any atom is -0.384 e. The SMILES string of the molecule is N#Cc1cc(Br)ccc1NC(=O)c1ccc2c(c1)CCN2. The van der Waals surface area contributed by atoms with Crippen molar-refractivity contribution in [2.24, 2.45) is 0 Å². The molecule has 1 aliphatic heterocycles. The van der Waals surface area contributed by atoms with Gasteiger partial charge < -0.3 is 10.6 Å². The molecule has 0 fully saturated rings. The van der Waals surface area contributed by atoms with E-state index in [-0.39, 0.29) is 5.91 Å². The van der Waals surface area contributed by atoms with Crippen molar-refractivity contribution in [3.05, 3.63) is 57.6 Å². The second kappa shape index (κ2) is 5.58. The Labute approximate surface area is 130 Å². The van der Waals surface area contributed by atoms with Crippen molar-refractivity contribution in [2.75, 3.05) is 17.2 Å². The fourth-order valence-electron chi connectivity index (χ4n) is 2.36. The predicted molar refractivity (Wildman–Crippen MR) is 85.4 cm³/mol. The normalized spacial score (nSPS) is 12.2. The Hall–Kier alpha value is -2.32. The summed E-state index contributed by atoms with van der Waals surface area (Å²) in [5.74, 6) is -0.205. The fraction of sp³-hybridized carbons (Fsp3) is 0.125. The molecule has 0 aliphatic carbocycles. The molecule has 5 heteroatoms. The van der Waals surface area contributed by atoms with Gasteiger partial charge >= 0.3 is 0 Å². The van der Waals surface area contributed by atoms with E-state index in [2.05, 4.69) is 32.6 Å². The van der Waals surface area contributed by atoms with Gasteiger partial charge in [-0.25, -0.2) is 0 Å². The van der Waals surface area contributed by atoms with Crippen LogP contribution in [0.3, 0.4) is 0 Å². The van der Waals surface area contributed by atoms with Gasteiger partial charge in [0.15, 0.2) is 0 Å². The lowest BCUT2D eigenvalue weighted by Crippen LogP contribution is -2.13. The average molecular weight is 342 g/mol. The van der Waals surface area contributed by atoms with Crippen molar-refractivity contribution < 1.29 is 4.79 Å². The molecule has 2 aromatic rings. The molecule has 0 bridgehead atoms. The number of nitrogens with zero attached hydrogens (tertiary/aromatic N) is 1. The second-order valence-electron chi connectivity index (χ2n) is 4.80. The van der Waals surface area contributed by atoms with Crippen LogP contribution in [0.4, 0.5) is 11.4 Å². The van der Waals surface area contributed by atoms with Crippen LogP contribution in [0.1, 0.15) is 21.5 Å². The van der Waals surface area contributed by atoms with Gasteiger partial charge in [-0.3, -0.25) is 4.79 Å². The molecule has 4 nitrogen and oxygen atoms in total. The zero-order valence-electron chi connectivity index (χ0n) is 11.1. The Morgan fingerprint density at radius 2 is 2.14 bits per heavy atom. The molecule has 2 aromatic carbocycles. The number of hydrogen-bond donors (Lipinski definition) is 2. The number of rotatable bonds is 2. The Morgan fingerprint density at radius 3 is 2.95 bits per heavy atom. The first-order valence-corrected chi connectivity index (χ1v) is 7.34. The molecule has 104 valence electrons. The van der Waals surface area contributed by atoms with E-state index in [0.29, 0.717) is 16.8 Å². The number of fused-ring (bicyclic) bond motifs is 1.